The van der Waals surface area contributed by atoms with E-state index in [0.717, 1.165) is 11.1 Å². The molecule has 0 atom stereocenters. The second kappa shape index (κ2) is 8.83. The summed E-state index contributed by atoms with van der Waals surface area (Å²) >= 11 is 6.20. The fourth-order valence-corrected chi connectivity index (χ4v) is 3.24. The van der Waals surface area contributed by atoms with Gasteiger partial charge in [0, 0.05) is 11.8 Å². The van der Waals surface area contributed by atoms with Crippen LogP contribution in [-0.2, 0) is 0 Å². The van der Waals surface area contributed by atoms with Gasteiger partial charge in [0.2, 0.25) is 11.6 Å². The van der Waals surface area contributed by atoms with Crippen LogP contribution >= 0.6 is 11.6 Å². The largest absolute Gasteiger partial charge is 0.495 e. The molecular weight excluding hydrogens is 410 g/mol. The summed E-state index contributed by atoms with van der Waals surface area (Å²) in [5.41, 5.74) is 2.80. The van der Waals surface area contributed by atoms with Gasteiger partial charge in [-0.2, -0.15) is 0 Å². The summed E-state index contributed by atoms with van der Waals surface area (Å²) in [4.78, 5) is 19.4. The highest BCUT2D eigenvalue weighted by Crippen LogP contribution is 2.40. The van der Waals surface area contributed by atoms with E-state index in [1.54, 1.807) is 12.1 Å². The smallest absolute Gasteiger partial charge is 0.353 e. The molecule has 0 unspecified atom stereocenters. The first-order valence-electron chi connectivity index (χ1n) is 8.85. The lowest BCUT2D eigenvalue weighted by Gasteiger charge is -2.14. The summed E-state index contributed by atoms with van der Waals surface area (Å²) in [6.07, 6.45) is 1.23. The van der Waals surface area contributed by atoms with E-state index in [2.05, 4.69) is 20.6 Å². The number of rotatable bonds is 7. The predicted molar refractivity (Wildman–Crippen MR) is 116 cm³/mol. The SMILES string of the molecule is COc1cc(OC)c(Nc2ncnc(Nc3cc(C)cc(C)c3)c2[N+](=O)[O-])cc1Cl. The molecule has 3 rings (SSSR count). The number of anilines is 4. The first kappa shape index (κ1) is 21.1. The van der Waals surface area contributed by atoms with Gasteiger partial charge < -0.3 is 20.1 Å². The van der Waals surface area contributed by atoms with Crippen molar-refractivity contribution in [2.75, 3.05) is 24.9 Å². The van der Waals surface area contributed by atoms with Crippen molar-refractivity contribution in [2.45, 2.75) is 13.8 Å². The zero-order valence-corrected chi connectivity index (χ0v) is 17.6. The summed E-state index contributed by atoms with van der Waals surface area (Å²) in [6, 6.07) is 8.87. The summed E-state index contributed by atoms with van der Waals surface area (Å²) in [7, 11) is 2.95. The molecular formula is C20H20ClN5O4. The topological polar surface area (TPSA) is 111 Å². The molecule has 156 valence electrons. The van der Waals surface area contributed by atoms with Gasteiger partial charge in [-0.1, -0.05) is 17.7 Å². The van der Waals surface area contributed by atoms with Gasteiger partial charge in [0.25, 0.3) is 0 Å². The normalized spacial score (nSPS) is 10.4. The zero-order chi connectivity index (χ0) is 21.8. The van der Waals surface area contributed by atoms with E-state index in [-0.39, 0.29) is 17.3 Å². The Kier molecular flexibility index (Phi) is 6.22. The predicted octanol–water partition coefficient (Wildman–Crippen LogP) is 5.16. The maximum Gasteiger partial charge on any atom is 0.353 e. The second-order valence-electron chi connectivity index (χ2n) is 6.49. The first-order valence-corrected chi connectivity index (χ1v) is 9.23. The van der Waals surface area contributed by atoms with Crippen LogP contribution in [0.15, 0.2) is 36.7 Å². The molecule has 2 aromatic carbocycles. The number of nitrogens with one attached hydrogen (secondary N) is 2. The van der Waals surface area contributed by atoms with E-state index >= 15 is 0 Å². The number of halogens is 1. The Balaban J connectivity index is 2.03. The van der Waals surface area contributed by atoms with Crippen molar-refractivity contribution in [2.24, 2.45) is 0 Å². The third-order valence-electron chi connectivity index (χ3n) is 4.22. The van der Waals surface area contributed by atoms with Gasteiger partial charge in [0.1, 0.15) is 17.8 Å². The number of nitrogens with zero attached hydrogens (tertiary/aromatic N) is 3. The van der Waals surface area contributed by atoms with Gasteiger partial charge in [-0.3, -0.25) is 10.1 Å². The molecule has 10 heteroatoms. The number of ether oxygens (including phenoxy) is 2. The fourth-order valence-electron chi connectivity index (χ4n) is 3.00. The molecule has 9 nitrogen and oxygen atoms in total. The minimum Gasteiger partial charge on any atom is -0.495 e. The zero-order valence-electron chi connectivity index (χ0n) is 16.8. The number of aryl methyl sites for hydroxylation is 2. The molecule has 0 aliphatic carbocycles. The molecule has 2 N–H and O–H groups in total. The Morgan fingerprint density at radius 1 is 0.933 bits per heavy atom. The number of nitro groups is 1. The Morgan fingerprint density at radius 3 is 2.10 bits per heavy atom. The molecule has 0 amide bonds. The van der Waals surface area contributed by atoms with Crippen LogP contribution in [0.3, 0.4) is 0 Å². The number of methoxy groups -OCH3 is 2. The Morgan fingerprint density at radius 2 is 1.53 bits per heavy atom. The molecule has 0 fully saturated rings. The molecule has 30 heavy (non-hydrogen) atoms. The highest BCUT2D eigenvalue weighted by Gasteiger charge is 2.24. The van der Waals surface area contributed by atoms with Crippen molar-refractivity contribution in [1.29, 1.82) is 0 Å². The van der Waals surface area contributed by atoms with Crippen molar-refractivity contribution in [3.05, 3.63) is 62.9 Å². The van der Waals surface area contributed by atoms with Crippen LogP contribution in [-0.4, -0.2) is 29.1 Å². The minimum absolute atomic E-state index is 0.0126. The Labute approximate surface area is 178 Å². The van der Waals surface area contributed by atoms with E-state index in [1.165, 1.54) is 20.5 Å². The third-order valence-corrected chi connectivity index (χ3v) is 4.51. The molecule has 0 saturated heterocycles. The van der Waals surface area contributed by atoms with Crippen LogP contribution in [0.5, 0.6) is 11.5 Å². The van der Waals surface area contributed by atoms with Crippen molar-refractivity contribution in [3.8, 4) is 11.5 Å². The summed E-state index contributed by atoms with van der Waals surface area (Å²) in [6.45, 7) is 3.89. The van der Waals surface area contributed by atoms with Gasteiger partial charge in [-0.25, -0.2) is 9.97 Å². The Bertz CT molecular complexity index is 1090. The average molecular weight is 430 g/mol. The quantitative estimate of drug-likeness (QED) is 0.391. The summed E-state index contributed by atoms with van der Waals surface area (Å²) in [5.74, 6) is 0.837. The van der Waals surface area contributed by atoms with Gasteiger partial charge in [0.05, 0.1) is 29.9 Å². The van der Waals surface area contributed by atoms with Gasteiger partial charge in [-0.05, 0) is 43.2 Å². The van der Waals surface area contributed by atoms with E-state index in [1.807, 2.05) is 32.0 Å². The summed E-state index contributed by atoms with van der Waals surface area (Å²) in [5, 5.41) is 18.1. The summed E-state index contributed by atoms with van der Waals surface area (Å²) < 4.78 is 10.5. The fraction of sp³-hybridized carbons (Fsp3) is 0.200. The molecule has 0 radical (unpaired) electrons. The average Bonchev–Trinajstić information content (AvgIpc) is 2.67. The highest BCUT2D eigenvalue weighted by molar-refractivity contribution is 6.32. The lowest BCUT2D eigenvalue weighted by molar-refractivity contribution is -0.383. The van der Waals surface area contributed by atoms with Crippen LogP contribution in [0.4, 0.5) is 28.7 Å². The number of benzene rings is 2. The molecule has 0 spiro atoms. The lowest BCUT2D eigenvalue weighted by Crippen LogP contribution is -2.06. The molecule has 0 bridgehead atoms. The molecule has 0 aliphatic rings. The highest BCUT2D eigenvalue weighted by atomic mass is 35.5. The number of hydrogen-bond donors (Lipinski definition) is 2. The van der Waals surface area contributed by atoms with Gasteiger partial charge in [-0.15, -0.1) is 0 Å². The van der Waals surface area contributed by atoms with Crippen LogP contribution in [0.1, 0.15) is 11.1 Å². The van der Waals surface area contributed by atoms with Crippen LogP contribution in [0, 0.1) is 24.0 Å². The van der Waals surface area contributed by atoms with Crippen molar-refractivity contribution in [3.63, 3.8) is 0 Å². The standard InChI is InChI=1S/C20H20ClN5O4/c1-11-5-12(2)7-13(6-11)24-19-18(26(27)28)20(23-10-22-19)25-15-8-14(21)16(29-3)9-17(15)30-4/h5-10H,1-4H3,(H2,22,23,24,25). The van der Waals surface area contributed by atoms with Gasteiger partial charge in [0.15, 0.2) is 0 Å². The monoisotopic (exact) mass is 429 g/mol. The van der Waals surface area contributed by atoms with Crippen molar-refractivity contribution >= 4 is 40.3 Å². The van der Waals surface area contributed by atoms with Crippen LogP contribution < -0.4 is 20.1 Å². The molecule has 0 saturated carbocycles. The Hall–Kier alpha value is -3.59. The van der Waals surface area contributed by atoms with Crippen LogP contribution in [0.25, 0.3) is 0 Å². The van der Waals surface area contributed by atoms with Crippen LogP contribution in [0.2, 0.25) is 5.02 Å². The van der Waals surface area contributed by atoms with Gasteiger partial charge >= 0.3 is 5.69 Å². The third kappa shape index (κ3) is 4.52. The van der Waals surface area contributed by atoms with E-state index in [0.29, 0.717) is 27.9 Å². The molecule has 0 aliphatic heterocycles. The number of aromatic nitrogens is 2. The van der Waals surface area contributed by atoms with Crippen molar-refractivity contribution < 1.29 is 14.4 Å². The van der Waals surface area contributed by atoms with E-state index < -0.39 is 4.92 Å². The second-order valence-corrected chi connectivity index (χ2v) is 6.90. The van der Waals surface area contributed by atoms with E-state index in [9.17, 15) is 10.1 Å². The maximum atomic E-state index is 11.8. The first-order chi connectivity index (χ1) is 14.3. The number of hydrogen-bond acceptors (Lipinski definition) is 8. The van der Waals surface area contributed by atoms with Crippen molar-refractivity contribution in [1.82, 2.24) is 9.97 Å². The lowest BCUT2D eigenvalue weighted by atomic mass is 10.1. The minimum atomic E-state index is -0.551. The van der Waals surface area contributed by atoms with E-state index in [4.69, 9.17) is 21.1 Å². The molecule has 1 aromatic heterocycles. The molecule has 3 aromatic rings. The molecule has 1 heterocycles. The maximum absolute atomic E-state index is 11.8.